The zero-order valence-corrected chi connectivity index (χ0v) is 13.5. The summed E-state index contributed by atoms with van der Waals surface area (Å²) in [6.45, 7) is 0.819. The Hall–Kier alpha value is -1.83. The Bertz CT molecular complexity index is 819. The van der Waals surface area contributed by atoms with Crippen LogP contribution in [0.1, 0.15) is 37.6 Å². The highest BCUT2D eigenvalue weighted by Crippen LogP contribution is 2.46. The van der Waals surface area contributed by atoms with E-state index in [0.717, 1.165) is 13.3 Å². The zero-order valence-electron chi connectivity index (χ0n) is 12.7. The van der Waals surface area contributed by atoms with Gasteiger partial charge < -0.3 is 4.52 Å². The van der Waals surface area contributed by atoms with Crippen LogP contribution in [0.5, 0.6) is 0 Å². The molecule has 5 nitrogen and oxygen atoms in total. The summed E-state index contributed by atoms with van der Waals surface area (Å²) in [6.07, 6.45) is 2.88. The largest absolute Gasteiger partial charge is 0.334 e. The van der Waals surface area contributed by atoms with Crippen molar-refractivity contribution in [3.05, 3.63) is 35.7 Å². The number of sulfone groups is 1. The van der Waals surface area contributed by atoms with E-state index in [9.17, 15) is 17.2 Å². The van der Waals surface area contributed by atoms with Crippen LogP contribution < -0.4 is 0 Å². The van der Waals surface area contributed by atoms with Crippen LogP contribution in [-0.2, 0) is 20.5 Å². The molecule has 8 heteroatoms. The van der Waals surface area contributed by atoms with E-state index in [-0.39, 0.29) is 17.3 Å². The molecule has 1 aromatic carbocycles. The van der Waals surface area contributed by atoms with Gasteiger partial charge in [-0.25, -0.2) is 17.2 Å². The van der Waals surface area contributed by atoms with Crippen molar-refractivity contribution in [2.24, 2.45) is 0 Å². The summed E-state index contributed by atoms with van der Waals surface area (Å²) in [6, 6.07) is 5.49. The zero-order chi connectivity index (χ0) is 16.9. The molecule has 1 fully saturated rings. The minimum atomic E-state index is -3.36. The molecular formula is C15H16F2N2O3S. The van der Waals surface area contributed by atoms with Gasteiger partial charge in [-0.3, -0.25) is 0 Å². The van der Waals surface area contributed by atoms with E-state index in [1.165, 1.54) is 30.5 Å². The van der Waals surface area contributed by atoms with Gasteiger partial charge in [0.05, 0.1) is 0 Å². The Morgan fingerprint density at radius 2 is 1.83 bits per heavy atom. The van der Waals surface area contributed by atoms with E-state index in [0.29, 0.717) is 18.4 Å². The summed E-state index contributed by atoms with van der Waals surface area (Å²) < 4.78 is 54.6. The fourth-order valence-electron chi connectivity index (χ4n) is 2.69. The van der Waals surface area contributed by atoms with Crippen molar-refractivity contribution in [3.63, 3.8) is 0 Å². The van der Waals surface area contributed by atoms with Crippen molar-refractivity contribution >= 4 is 9.84 Å². The lowest BCUT2D eigenvalue weighted by Gasteiger charge is -2.36. The smallest absolute Gasteiger partial charge is 0.270 e. The molecule has 1 aromatic heterocycles. The van der Waals surface area contributed by atoms with E-state index < -0.39 is 20.5 Å². The first-order valence-corrected chi connectivity index (χ1v) is 9.05. The van der Waals surface area contributed by atoms with Gasteiger partial charge in [-0.15, -0.1) is 0 Å². The highest BCUT2D eigenvalue weighted by atomic mass is 32.2. The van der Waals surface area contributed by atoms with Gasteiger partial charge in [0.15, 0.2) is 15.7 Å². The number of hydrogen-bond donors (Lipinski definition) is 0. The third-order valence-corrected chi connectivity index (χ3v) is 6.35. The van der Waals surface area contributed by atoms with Crippen LogP contribution in [0.2, 0.25) is 0 Å². The van der Waals surface area contributed by atoms with Crippen LogP contribution in [0.25, 0.3) is 11.5 Å². The number of rotatable bonds is 4. The average Bonchev–Trinajstić information content (AvgIpc) is 2.84. The number of nitrogens with zero attached hydrogens (tertiary/aromatic N) is 2. The maximum atomic E-state index is 13.2. The lowest BCUT2D eigenvalue weighted by Crippen LogP contribution is -2.42. The number of aromatic nitrogens is 2. The van der Waals surface area contributed by atoms with Crippen molar-refractivity contribution in [1.29, 1.82) is 0 Å². The molecule has 0 N–H and O–H groups in total. The first-order valence-electron chi connectivity index (χ1n) is 7.16. The molecule has 2 aromatic rings. The van der Waals surface area contributed by atoms with Crippen molar-refractivity contribution < 1.29 is 21.7 Å². The molecule has 3 rings (SSSR count). The molecule has 1 aliphatic rings. The predicted molar refractivity (Wildman–Crippen MR) is 79.7 cm³/mol. The van der Waals surface area contributed by atoms with E-state index in [4.69, 9.17) is 4.52 Å². The lowest BCUT2D eigenvalue weighted by molar-refractivity contribution is 0.0175. The maximum absolute atomic E-state index is 13.2. The molecule has 124 valence electrons. The van der Waals surface area contributed by atoms with Crippen LogP contribution in [0.3, 0.4) is 0 Å². The highest BCUT2D eigenvalue weighted by Gasteiger charge is 2.51. The standard InChI is InChI=1S/C15H16F2N2O3S/c1-14(16,17)11-6-4-10(5-7-11)12-18-13(19-22-12)15(8-3-9-15)23(2,20)21/h4-7H,3,8-9H2,1-2H3. The van der Waals surface area contributed by atoms with Crippen molar-refractivity contribution in [2.45, 2.75) is 36.9 Å². The fraction of sp³-hybridized carbons (Fsp3) is 0.467. The molecule has 1 heterocycles. The Kier molecular flexibility index (Phi) is 3.55. The maximum Gasteiger partial charge on any atom is 0.270 e. The van der Waals surface area contributed by atoms with Crippen LogP contribution >= 0.6 is 0 Å². The average molecular weight is 342 g/mol. The summed E-state index contributed by atoms with van der Waals surface area (Å²) in [4.78, 5) is 4.19. The van der Waals surface area contributed by atoms with Crippen molar-refractivity contribution in [2.75, 3.05) is 6.26 Å². The summed E-state index contributed by atoms with van der Waals surface area (Å²) in [5.41, 5.74) is 0.354. The summed E-state index contributed by atoms with van der Waals surface area (Å²) >= 11 is 0. The van der Waals surface area contributed by atoms with E-state index in [1.807, 2.05) is 0 Å². The molecule has 0 atom stereocenters. The third kappa shape index (κ3) is 2.65. The Morgan fingerprint density at radius 3 is 2.26 bits per heavy atom. The minimum absolute atomic E-state index is 0.118. The first kappa shape index (κ1) is 16.0. The van der Waals surface area contributed by atoms with Gasteiger partial charge in [-0.2, -0.15) is 4.98 Å². The Balaban J connectivity index is 1.94. The van der Waals surface area contributed by atoms with Crippen LogP contribution in [0.4, 0.5) is 8.78 Å². The number of hydrogen-bond acceptors (Lipinski definition) is 5. The quantitative estimate of drug-likeness (QED) is 0.852. The second kappa shape index (κ2) is 5.09. The minimum Gasteiger partial charge on any atom is -0.334 e. The van der Waals surface area contributed by atoms with Crippen LogP contribution in [0.15, 0.2) is 28.8 Å². The van der Waals surface area contributed by atoms with E-state index in [1.54, 1.807) is 0 Å². The van der Waals surface area contributed by atoms with Gasteiger partial charge in [0.2, 0.25) is 0 Å². The number of alkyl halides is 2. The molecule has 0 amide bonds. The first-order chi connectivity index (χ1) is 10.6. The van der Waals surface area contributed by atoms with Crippen LogP contribution in [-0.4, -0.2) is 24.8 Å². The molecule has 0 spiro atoms. The summed E-state index contributed by atoms with van der Waals surface area (Å²) in [5, 5.41) is 3.81. The summed E-state index contributed by atoms with van der Waals surface area (Å²) in [5.74, 6) is -2.66. The lowest BCUT2D eigenvalue weighted by atomic mass is 9.83. The molecule has 0 saturated heterocycles. The Labute approximate surface area is 132 Å². The Morgan fingerprint density at radius 1 is 1.22 bits per heavy atom. The van der Waals surface area contributed by atoms with E-state index >= 15 is 0 Å². The molecule has 0 aliphatic heterocycles. The molecule has 1 saturated carbocycles. The van der Waals surface area contributed by atoms with Gasteiger partial charge in [0.1, 0.15) is 4.75 Å². The summed E-state index contributed by atoms with van der Waals surface area (Å²) in [7, 11) is -3.36. The highest BCUT2D eigenvalue weighted by molar-refractivity contribution is 7.91. The SMILES string of the molecule is CC(F)(F)c1ccc(-c2nc(C3(S(C)(=O)=O)CCC3)no2)cc1. The van der Waals surface area contributed by atoms with E-state index in [2.05, 4.69) is 10.1 Å². The third-order valence-electron chi connectivity index (χ3n) is 4.34. The van der Waals surface area contributed by atoms with Gasteiger partial charge >= 0.3 is 0 Å². The van der Waals surface area contributed by atoms with Gasteiger partial charge in [-0.1, -0.05) is 17.3 Å². The number of benzene rings is 1. The second-order valence-electron chi connectivity index (χ2n) is 6.01. The monoisotopic (exact) mass is 342 g/mol. The topological polar surface area (TPSA) is 73.1 Å². The molecule has 0 bridgehead atoms. The molecule has 1 aliphatic carbocycles. The van der Waals surface area contributed by atoms with Crippen LogP contribution in [0, 0.1) is 0 Å². The molecule has 0 radical (unpaired) electrons. The van der Waals surface area contributed by atoms with Crippen molar-refractivity contribution in [1.82, 2.24) is 10.1 Å². The van der Waals surface area contributed by atoms with Gasteiger partial charge in [0.25, 0.3) is 11.8 Å². The molecular weight excluding hydrogens is 326 g/mol. The normalized spacial score (nSPS) is 17.7. The van der Waals surface area contributed by atoms with Gasteiger partial charge in [-0.05, 0) is 31.4 Å². The second-order valence-corrected chi connectivity index (χ2v) is 8.33. The number of halogens is 2. The van der Waals surface area contributed by atoms with Gasteiger partial charge in [0, 0.05) is 24.3 Å². The molecule has 23 heavy (non-hydrogen) atoms. The fourth-order valence-corrected chi connectivity index (χ4v) is 4.13. The van der Waals surface area contributed by atoms with Crippen molar-refractivity contribution in [3.8, 4) is 11.5 Å². The predicted octanol–water partition coefficient (Wildman–Crippen LogP) is 3.27. The molecule has 0 unspecified atom stereocenters.